The Labute approximate surface area is 103 Å². The van der Waals surface area contributed by atoms with Crippen molar-refractivity contribution in [2.75, 3.05) is 13.6 Å². The first-order valence-corrected chi connectivity index (χ1v) is 5.94. The van der Waals surface area contributed by atoms with E-state index >= 15 is 0 Å². The summed E-state index contributed by atoms with van der Waals surface area (Å²) in [5, 5.41) is 0. The second-order valence-electron chi connectivity index (χ2n) is 4.43. The Bertz CT molecular complexity index is 363. The standard InChI is InChI=1S/C13H20N2S/c1-10-6-4-5-7-12(10)9-15(3)8-11(2)13(14)16/h4-7,11H,8-9H2,1-3H3,(H2,14,16). The average Bonchev–Trinajstić information content (AvgIpc) is 2.21. The van der Waals surface area contributed by atoms with E-state index in [4.69, 9.17) is 18.0 Å². The van der Waals surface area contributed by atoms with E-state index in [1.165, 1.54) is 11.1 Å². The van der Waals surface area contributed by atoms with Gasteiger partial charge in [0.15, 0.2) is 0 Å². The van der Waals surface area contributed by atoms with Crippen molar-refractivity contribution in [3.8, 4) is 0 Å². The highest BCUT2D eigenvalue weighted by Gasteiger charge is 2.09. The molecular formula is C13H20N2S. The molecule has 1 atom stereocenters. The molecular weight excluding hydrogens is 216 g/mol. The van der Waals surface area contributed by atoms with Crippen LogP contribution in [0.25, 0.3) is 0 Å². The van der Waals surface area contributed by atoms with Crippen molar-refractivity contribution < 1.29 is 0 Å². The van der Waals surface area contributed by atoms with Crippen LogP contribution in [0.5, 0.6) is 0 Å². The van der Waals surface area contributed by atoms with Gasteiger partial charge in [0.1, 0.15) is 0 Å². The van der Waals surface area contributed by atoms with Gasteiger partial charge in [-0.1, -0.05) is 43.4 Å². The highest BCUT2D eigenvalue weighted by molar-refractivity contribution is 7.80. The minimum atomic E-state index is 0.268. The van der Waals surface area contributed by atoms with Crippen LogP contribution in [0.4, 0.5) is 0 Å². The molecule has 3 heteroatoms. The molecule has 0 aliphatic rings. The summed E-state index contributed by atoms with van der Waals surface area (Å²) in [5.74, 6) is 0.268. The predicted molar refractivity (Wildman–Crippen MR) is 73.5 cm³/mol. The van der Waals surface area contributed by atoms with Crippen molar-refractivity contribution in [2.45, 2.75) is 20.4 Å². The summed E-state index contributed by atoms with van der Waals surface area (Å²) in [7, 11) is 2.10. The van der Waals surface area contributed by atoms with E-state index in [1.54, 1.807) is 0 Å². The Balaban J connectivity index is 2.55. The smallest absolute Gasteiger partial charge is 0.0768 e. The van der Waals surface area contributed by atoms with Crippen molar-refractivity contribution in [3.63, 3.8) is 0 Å². The van der Waals surface area contributed by atoms with Crippen LogP contribution in [0.1, 0.15) is 18.1 Å². The molecule has 1 aromatic rings. The van der Waals surface area contributed by atoms with E-state index < -0.39 is 0 Å². The van der Waals surface area contributed by atoms with Crippen LogP contribution in [0, 0.1) is 12.8 Å². The van der Waals surface area contributed by atoms with E-state index in [-0.39, 0.29) is 5.92 Å². The third-order valence-corrected chi connectivity index (χ3v) is 3.18. The van der Waals surface area contributed by atoms with Gasteiger partial charge in [-0.2, -0.15) is 0 Å². The summed E-state index contributed by atoms with van der Waals surface area (Å²) in [4.78, 5) is 2.85. The van der Waals surface area contributed by atoms with Crippen LogP contribution >= 0.6 is 12.2 Å². The van der Waals surface area contributed by atoms with E-state index in [0.29, 0.717) is 4.99 Å². The number of rotatable bonds is 5. The topological polar surface area (TPSA) is 29.3 Å². The largest absolute Gasteiger partial charge is 0.393 e. The van der Waals surface area contributed by atoms with Gasteiger partial charge >= 0.3 is 0 Å². The third-order valence-electron chi connectivity index (χ3n) is 2.77. The molecule has 0 aliphatic heterocycles. The third kappa shape index (κ3) is 3.91. The van der Waals surface area contributed by atoms with Crippen molar-refractivity contribution in [1.29, 1.82) is 0 Å². The quantitative estimate of drug-likeness (QED) is 0.796. The van der Waals surface area contributed by atoms with Crippen LogP contribution in [-0.4, -0.2) is 23.5 Å². The number of aryl methyl sites for hydroxylation is 1. The van der Waals surface area contributed by atoms with Gasteiger partial charge in [0, 0.05) is 19.0 Å². The minimum Gasteiger partial charge on any atom is -0.393 e. The average molecular weight is 236 g/mol. The molecule has 1 rings (SSSR count). The minimum absolute atomic E-state index is 0.268. The first-order chi connectivity index (χ1) is 7.50. The maximum absolute atomic E-state index is 5.61. The van der Waals surface area contributed by atoms with Gasteiger partial charge in [0.2, 0.25) is 0 Å². The summed E-state index contributed by atoms with van der Waals surface area (Å²) in [5.41, 5.74) is 8.30. The zero-order valence-electron chi connectivity index (χ0n) is 10.2. The van der Waals surface area contributed by atoms with Crippen LogP contribution in [-0.2, 0) is 6.54 Å². The summed E-state index contributed by atoms with van der Waals surface area (Å²) in [6.45, 7) is 6.06. The first-order valence-electron chi connectivity index (χ1n) is 5.53. The van der Waals surface area contributed by atoms with Gasteiger partial charge in [-0.25, -0.2) is 0 Å². The Hall–Kier alpha value is -0.930. The van der Waals surface area contributed by atoms with Crippen molar-refractivity contribution >= 4 is 17.2 Å². The molecule has 0 saturated heterocycles. The van der Waals surface area contributed by atoms with Gasteiger partial charge in [0.25, 0.3) is 0 Å². The molecule has 2 N–H and O–H groups in total. The molecule has 0 spiro atoms. The zero-order valence-corrected chi connectivity index (χ0v) is 11.1. The Kier molecular flexibility index (Phi) is 4.90. The molecule has 0 amide bonds. The van der Waals surface area contributed by atoms with E-state index in [9.17, 15) is 0 Å². The Morgan fingerprint density at radius 1 is 1.44 bits per heavy atom. The van der Waals surface area contributed by atoms with Gasteiger partial charge in [-0.3, -0.25) is 0 Å². The lowest BCUT2D eigenvalue weighted by atomic mass is 10.1. The van der Waals surface area contributed by atoms with E-state index in [1.807, 2.05) is 0 Å². The molecule has 2 nitrogen and oxygen atoms in total. The molecule has 0 heterocycles. The van der Waals surface area contributed by atoms with Gasteiger partial charge < -0.3 is 10.6 Å². The molecule has 0 saturated carbocycles. The number of nitrogens with zero attached hydrogens (tertiary/aromatic N) is 1. The monoisotopic (exact) mass is 236 g/mol. The molecule has 0 radical (unpaired) electrons. The van der Waals surface area contributed by atoms with Gasteiger partial charge in [-0.05, 0) is 25.1 Å². The SMILES string of the molecule is Cc1ccccc1CN(C)CC(C)C(N)=S. The number of thiocarbonyl (C=S) groups is 1. The van der Waals surface area contributed by atoms with Crippen molar-refractivity contribution in [1.82, 2.24) is 4.90 Å². The van der Waals surface area contributed by atoms with Crippen LogP contribution in [0.2, 0.25) is 0 Å². The maximum Gasteiger partial charge on any atom is 0.0768 e. The highest BCUT2D eigenvalue weighted by Crippen LogP contribution is 2.10. The van der Waals surface area contributed by atoms with Crippen molar-refractivity contribution in [3.05, 3.63) is 35.4 Å². The van der Waals surface area contributed by atoms with E-state index in [2.05, 4.69) is 50.1 Å². The number of nitrogens with two attached hydrogens (primary N) is 1. The maximum atomic E-state index is 5.61. The molecule has 0 aliphatic carbocycles. The van der Waals surface area contributed by atoms with Crippen LogP contribution in [0.3, 0.4) is 0 Å². The summed E-state index contributed by atoms with van der Waals surface area (Å²) in [6, 6.07) is 8.45. The van der Waals surface area contributed by atoms with Gasteiger partial charge in [-0.15, -0.1) is 0 Å². The lowest BCUT2D eigenvalue weighted by molar-refractivity contribution is 0.307. The van der Waals surface area contributed by atoms with Crippen molar-refractivity contribution in [2.24, 2.45) is 11.7 Å². The fourth-order valence-electron chi connectivity index (χ4n) is 1.70. The molecule has 0 fully saturated rings. The lowest BCUT2D eigenvalue weighted by Gasteiger charge is -2.21. The van der Waals surface area contributed by atoms with Crippen LogP contribution in [0.15, 0.2) is 24.3 Å². The molecule has 16 heavy (non-hydrogen) atoms. The normalized spacial score (nSPS) is 12.8. The number of hydrogen-bond donors (Lipinski definition) is 1. The molecule has 1 unspecified atom stereocenters. The Morgan fingerprint density at radius 2 is 2.06 bits per heavy atom. The lowest BCUT2D eigenvalue weighted by Crippen LogP contribution is -2.31. The van der Waals surface area contributed by atoms with Crippen LogP contribution < -0.4 is 5.73 Å². The van der Waals surface area contributed by atoms with E-state index in [0.717, 1.165) is 13.1 Å². The molecule has 0 aromatic heterocycles. The fraction of sp³-hybridized carbons (Fsp3) is 0.462. The summed E-state index contributed by atoms with van der Waals surface area (Å²) >= 11 is 4.98. The summed E-state index contributed by atoms with van der Waals surface area (Å²) < 4.78 is 0. The highest BCUT2D eigenvalue weighted by atomic mass is 32.1. The molecule has 1 aromatic carbocycles. The van der Waals surface area contributed by atoms with Gasteiger partial charge in [0.05, 0.1) is 4.99 Å². The summed E-state index contributed by atoms with van der Waals surface area (Å²) in [6.07, 6.45) is 0. The second-order valence-corrected chi connectivity index (χ2v) is 4.90. The first kappa shape index (κ1) is 13.1. The zero-order chi connectivity index (χ0) is 12.1. The predicted octanol–water partition coefficient (Wildman–Crippen LogP) is 2.35. The second kappa shape index (κ2) is 5.97. The molecule has 0 bridgehead atoms. The Morgan fingerprint density at radius 3 is 2.62 bits per heavy atom. The molecule has 88 valence electrons. The number of hydrogen-bond acceptors (Lipinski definition) is 2. The fourth-order valence-corrected chi connectivity index (χ4v) is 1.77. The number of benzene rings is 1.